The van der Waals surface area contributed by atoms with E-state index in [0.717, 1.165) is 32.5 Å². The van der Waals surface area contributed by atoms with Crippen LogP contribution in [0.1, 0.15) is 28.8 Å². The van der Waals surface area contributed by atoms with Gasteiger partial charge in [0.05, 0.1) is 5.56 Å². The molecule has 0 saturated carbocycles. The predicted molar refractivity (Wildman–Crippen MR) is 93.1 cm³/mol. The van der Waals surface area contributed by atoms with Crippen molar-refractivity contribution in [2.45, 2.75) is 25.4 Å². The molecule has 0 atom stereocenters. The number of nitrogen functional groups attached to an aromatic ring is 1. The number of rotatable bonds is 4. The van der Waals surface area contributed by atoms with Gasteiger partial charge >= 0.3 is 0 Å². The van der Waals surface area contributed by atoms with Crippen molar-refractivity contribution < 1.29 is 4.79 Å². The molecule has 0 aromatic heterocycles. The first-order chi connectivity index (χ1) is 11.2. The number of nitrogens with one attached hydrogen (secondary N) is 1. The Balaban J connectivity index is 1.49. The van der Waals surface area contributed by atoms with Gasteiger partial charge in [0, 0.05) is 31.4 Å². The van der Waals surface area contributed by atoms with E-state index in [1.807, 2.05) is 18.2 Å². The van der Waals surface area contributed by atoms with Crippen LogP contribution in [-0.4, -0.2) is 29.9 Å². The second kappa shape index (κ2) is 7.29. The fraction of sp³-hybridized carbons (Fsp3) is 0.316. The number of amides is 1. The van der Waals surface area contributed by atoms with E-state index < -0.39 is 0 Å². The minimum absolute atomic E-state index is 0.0652. The van der Waals surface area contributed by atoms with Crippen LogP contribution in [0.4, 0.5) is 5.69 Å². The molecule has 0 aliphatic carbocycles. The molecule has 120 valence electrons. The van der Waals surface area contributed by atoms with Crippen LogP contribution in [0.15, 0.2) is 54.6 Å². The zero-order chi connectivity index (χ0) is 16.1. The molecule has 0 spiro atoms. The van der Waals surface area contributed by atoms with Gasteiger partial charge in [-0.15, -0.1) is 0 Å². The number of carbonyl (C=O) groups excluding carboxylic acids is 1. The Morgan fingerprint density at radius 2 is 1.70 bits per heavy atom. The van der Waals surface area contributed by atoms with Crippen LogP contribution in [0.3, 0.4) is 0 Å². The zero-order valence-electron chi connectivity index (χ0n) is 13.2. The van der Waals surface area contributed by atoms with Crippen LogP contribution < -0.4 is 11.1 Å². The summed E-state index contributed by atoms with van der Waals surface area (Å²) in [5.74, 6) is -0.0652. The monoisotopic (exact) mass is 309 g/mol. The van der Waals surface area contributed by atoms with E-state index in [-0.39, 0.29) is 11.9 Å². The van der Waals surface area contributed by atoms with Crippen LogP contribution in [-0.2, 0) is 6.54 Å². The van der Waals surface area contributed by atoms with E-state index in [0.29, 0.717) is 11.3 Å². The van der Waals surface area contributed by atoms with Crippen LogP contribution in [0, 0.1) is 0 Å². The highest BCUT2D eigenvalue weighted by Gasteiger charge is 2.21. The van der Waals surface area contributed by atoms with E-state index in [4.69, 9.17) is 5.73 Å². The molecule has 1 heterocycles. The van der Waals surface area contributed by atoms with Gasteiger partial charge in [-0.05, 0) is 30.5 Å². The molecule has 3 N–H and O–H groups in total. The Hall–Kier alpha value is -2.33. The van der Waals surface area contributed by atoms with E-state index >= 15 is 0 Å². The van der Waals surface area contributed by atoms with Crippen molar-refractivity contribution in [2.24, 2.45) is 0 Å². The first-order valence-electron chi connectivity index (χ1n) is 8.14. The molecular weight excluding hydrogens is 286 g/mol. The van der Waals surface area contributed by atoms with Gasteiger partial charge in [0.2, 0.25) is 0 Å². The Kier molecular flexibility index (Phi) is 4.93. The van der Waals surface area contributed by atoms with Gasteiger partial charge < -0.3 is 11.1 Å². The number of anilines is 1. The van der Waals surface area contributed by atoms with Crippen molar-refractivity contribution >= 4 is 11.6 Å². The second-order valence-electron chi connectivity index (χ2n) is 6.10. The highest BCUT2D eigenvalue weighted by molar-refractivity contribution is 5.99. The number of nitrogens with zero attached hydrogens (tertiary/aromatic N) is 1. The molecule has 0 bridgehead atoms. The Bertz CT molecular complexity index is 649. The Morgan fingerprint density at radius 3 is 2.39 bits per heavy atom. The SMILES string of the molecule is Nc1ccccc1C(=O)NC1CCN(Cc2ccccc2)CC1. The number of benzene rings is 2. The van der Waals surface area contributed by atoms with Gasteiger partial charge in [-0.1, -0.05) is 42.5 Å². The highest BCUT2D eigenvalue weighted by Crippen LogP contribution is 2.16. The minimum Gasteiger partial charge on any atom is -0.398 e. The van der Waals surface area contributed by atoms with Gasteiger partial charge in [0.15, 0.2) is 0 Å². The third-order valence-electron chi connectivity index (χ3n) is 4.38. The molecule has 1 aliphatic heterocycles. The predicted octanol–water partition coefficient (Wildman–Crippen LogP) is 2.66. The number of hydrogen-bond donors (Lipinski definition) is 2. The van der Waals surface area contributed by atoms with Crippen molar-refractivity contribution in [3.8, 4) is 0 Å². The molecule has 23 heavy (non-hydrogen) atoms. The summed E-state index contributed by atoms with van der Waals surface area (Å²) < 4.78 is 0. The fourth-order valence-corrected chi connectivity index (χ4v) is 3.04. The molecule has 1 aliphatic rings. The molecule has 4 nitrogen and oxygen atoms in total. The number of piperidine rings is 1. The maximum Gasteiger partial charge on any atom is 0.253 e. The number of likely N-dealkylation sites (tertiary alicyclic amines) is 1. The van der Waals surface area contributed by atoms with E-state index in [1.165, 1.54) is 5.56 Å². The zero-order valence-corrected chi connectivity index (χ0v) is 13.2. The van der Waals surface area contributed by atoms with Gasteiger partial charge in [-0.2, -0.15) is 0 Å². The maximum absolute atomic E-state index is 12.3. The van der Waals surface area contributed by atoms with Gasteiger partial charge in [-0.3, -0.25) is 9.69 Å². The summed E-state index contributed by atoms with van der Waals surface area (Å²) in [6, 6.07) is 18.0. The van der Waals surface area contributed by atoms with Crippen molar-refractivity contribution in [2.75, 3.05) is 18.8 Å². The van der Waals surface area contributed by atoms with Crippen LogP contribution in [0.5, 0.6) is 0 Å². The standard InChI is InChI=1S/C19H23N3O/c20-18-9-5-4-8-17(18)19(23)21-16-10-12-22(13-11-16)14-15-6-2-1-3-7-15/h1-9,16H,10-14,20H2,(H,21,23). The smallest absolute Gasteiger partial charge is 0.253 e. The summed E-state index contributed by atoms with van der Waals surface area (Å²) in [7, 11) is 0. The maximum atomic E-state index is 12.3. The summed E-state index contributed by atoms with van der Waals surface area (Å²) in [4.78, 5) is 14.7. The van der Waals surface area contributed by atoms with Crippen molar-refractivity contribution in [1.29, 1.82) is 0 Å². The lowest BCUT2D eigenvalue weighted by Crippen LogP contribution is -2.44. The lowest BCUT2D eigenvalue weighted by atomic mass is 10.0. The third-order valence-corrected chi connectivity index (χ3v) is 4.38. The lowest BCUT2D eigenvalue weighted by molar-refractivity contribution is 0.0910. The molecule has 1 fully saturated rings. The van der Waals surface area contributed by atoms with E-state index in [2.05, 4.69) is 34.5 Å². The number of hydrogen-bond acceptors (Lipinski definition) is 3. The normalized spacial score (nSPS) is 16.2. The number of nitrogens with two attached hydrogens (primary N) is 1. The van der Waals surface area contributed by atoms with Crippen molar-refractivity contribution in [1.82, 2.24) is 10.2 Å². The highest BCUT2D eigenvalue weighted by atomic mass is 16.1. The van der Waals surface area contributed by atoms with E-state index in [9.17, 15) is 4.79 Å². The quantitative estimate of drug-likeness (QED) is 0.854. The fourth-order valence-electron chi connectivity index (χ4n) is 3.04. The van der Waals surface area contributed by atoms with Crippen LogP contribution in [0.25, 0.3) is 0 Å². The molecule has 1 amide bonds. The second-order valence-corrected chi connectivity index (χ2v) is 6.10. The van der Waals surface area contributed by atoms with Crippen LogP contribution >= 0.6 is 0 Å². The number of carbonyl (C=O) groups is 1. The molecule has 3 rings (SSSR count). The molecule has 1 saturated heterocycles. The Morgan fingerprint density at radius 1 is 1.04 bits per heavy atom. The average molecular weight is 309 g/mol. The summed E-state index contributed by atoms with van der Waals surface area (Å²) in [6.07, 6.45) is 1.95. The Labute approximate surface area is 137 Å². The molecule has 0 unspecified atom stereocenters. The summed E-state index contributed by atoms with van der Waals surface area (Å²) in [5.41, 5.74) is 8.31. The topological polar surface area (TPSA) is 58.4 Å². The summed E-state index contributed by atoms with van der Waals surface area (Å²) in [5, 5.41) is 3.11. The molecule has 0 radical (unpaired) electrons. The van der Waals surface area contributed by atoms with Gasteiger partial charge in [0.25, 0.3) is 5.91 Å². The molecular formula is C19H23N3O. The first-order valence-corrected chi connectivity index (χ1v) is 8.14. The molecule has 4 heteroatoms. The minimum atomic E-state index is -0.0652. The van der Waals surface area contributed by atoms with Crippen molar-refractivity contribution in [3.05, 3.63) is 65.7 Å². The third kappa shape index (κ3) is 4.11. The number of para-hydroxylation sites is 1. The van der Waals surface area contributed by atoms with Crippen LogP contribution in [0.2, 0.25) is 0 Å². The van der Waals surface area contributed by atoms with Gasteiger partial charge in [-0.25, -0.2) is 0 Å². The van der Waals surface area contributed by atoms with E-state index in [1.54, 1.807) is 12.1 Å². The molecule has 2 aromatic rings. The van der Waals surface area contributed by atoms with Crippen molar-refractivity contribution in [3.63, 3.8) is 0 Å². The first kappa shape index (κ1) is 15.6. The summed E-state index contributed by atoms with van der Waals surface area (Å²) >= 11 is 0. The average Bonchev–Trinajstić information content (AvgIpc) is 2.58. The largest absolute Gasteiger partial charge is 0.398 e. The lowest BCUT2D eigenvalue weighted by Gasteiger charge is -2.32. The van der Waals surface area contributed by atoms with Gasteiger partial charge in [0.1, 0.15) is 0 Å². The molecule has 2 aromatic carbocycles. The summed E-state index contributed by atoms with van der Waals surface area (Å²) in [6.45, 7) is 2.99.